The molecule has 0 amide bonds. The Hall–Kier alpha value is -0.370. The van der Waals surface area contributed by atoms with Gasteiger partial charge in [0, 0.05) is 0 Å². The third kappa shape index (κ3) is 2.97. The molecule has 10 heavy (non-hydrogen) atoms. The molecule has 0 aromatic carbocycles. The van der Waals surface area contributed by atoms with Gasteiger partial charge in [-0.15, -0.1) is 0 Å². The molecule has 0 aliphatic rings. The molecule has 1 atom stereocenters. The second-order valence-electron chi connectivity index (χ2n) is 2.88. The van der Waals surface area contributed by atoms with E-state index in [-0.39, 0.29) is 11.8 Å². The number of carbonyl (C=O) groups excluding carboxylic acids is 1. The molecule has 0 saturated heterocycles. The number of likely N-dealkylation sites (N-methyl/N-ethyl adjacent to an activating group) is 1. The third-order valence-corrected chi connectivity index (χ3v) is 1.65. The first-order chi connectivity index (χ1) is 4.59. The van der Waals surface area contributed by atoms with Crippen molar-refractivity contribution in [3.05, 3.63) is 0 Å². The van der Waals surface area contributed by atoms with Gasteiger partial charge in [-0.3, -0.25) is 9.69 Å². The predicted molar refractivity (Wildman–Crippen MR) is 43.1 cm³/mol. The van der Waals surface area contributed by atoms with Crippen LogP contribution >= 0.6 is 0 Å². The fraction of sp³-hybridized carbons (Fsp3) is 0.875. The number of rotatable bonds is 4. The normalized spacial score (nSPS) is 13.7. The van der Waals surface area contributed by atoms with E-state index in [1.165, 1.54) is 0 Å². The molecule has 2 nitrogen and oxygen atoms in total. The van der Waals surface area contributed by atoms with Crippen LogP contribution in [0.15, 0.2) is 0 Å². The minimum Gasteiger partial charge on any atom is -0.300 e. The minimum atomic E-state index is 0.130. The smallest absolute Gasteiger partial charge is 0.146 e. The van der Waals surface area contributed by atoms with Gasteiger partial charge in [0.05, 0.1) is 6.04 Å². The summed E-state index contributed by atoms with van der Waals surface area (Å²) in [6.07, 6.45) is 2.05. The van der Waals surface area contributed by atoms with Gasteiger partial charge < -0.3 is 0 Å². The summed E-state index contributed by atoms with van der Waals surface area (Å²) < 4.78 is 0. The van der Waals surface area contributed by atoms with E-state index >= 15 is 0 Å². The largest absolute Gasteiger partial charge is 0.300 e. The molecule has 0 aromatic heterocycles. The van der Waals surface area contributed by atoms with E-state index in [1.54, 1.807) is 6.92 Å². The van der Waals surface area contributed by atoms with Crippen LogP contribution in [0, 0.1) is 0 Å². The maximum Gasteiger partial charge on any atom is 0.146 e. The molecule has 0 spiro atoms. The quantitative estimate of drug-likeness (QED) is 0.591. The topological polar surface area (TPSA) is 20.3 Å². The van der Waals surface area contributed by atoms with Crippen molar-refractivity contribution in [2.45, 2.75) is 32.7 Å². The Bertz CT molecular complexity index is 110. The van der Waals surface area contributed by atoms with Crippen LogP contribution in [0.3, 0.4) is 0 Å². The SMILES string of the molecule is CCCC(C(C)=O)N(C)C. The molecule has 0 heterocycles. The Morgan fingerprint density at radius 1 is 1.50 bits per heavy atom. The summed E-state index contributed by atoms with van der Waals surface area (Å²) in [4.78, 5) is 12.9. The zero-order valence-corrected chi connectivity index (χ0v) is 7.35. The molecule has 0 aliphatic heterocycles. The maximum absolute atomic E-state index is 10.9. The van der Waals surface area contributed by atoms with E-state index in [9.17, 15) is 4.79 Å². The molecule has 0 bridgehead atoms. The van der Waals surface area contributed by atoms with Crippen LogP contribution in [0.5, 0.6) is 0 Å². The van der Waals surface area contributed by atoms with Crippen LogP contribution in [0.1, 0.15) is 26.7 Å². The second kappa shape index (κ2) is 4.45. The Morgan fingerprint density at radius 2 is 2.00 bits per heavy atom. The predicted octanol–water partition coefficient (Wildman–Crippen LogP) is 1.31. The summed E-state index contributed by atoms with van der Waals surface area (Å²) >= 11 is 0. The van der Waals surface area contributed by atoms with E-state index in [4.69, 9.17) is 0 Å². The highest BCUT2D eigenvalue weighted by molar-refractivity contribution is 5.81. The van der Waals surface area contributed by atoms with Crippen LogP contribution in [0.25, 0.3) is 0 Å². The highest BCUT2D eigenvalue weighted by Crippen LogP contribution is 2.03. The van der Waals surface area contributed by atoms with Gasteiger partial charge in [-0.05, 0) is 27.4 Å². The van der Waals surface area contributed by atoms with E-state index in [0.717, 1.165) is 12.8 Å². The van der Waals surface area contributed by atoms with Gasteiger partial charge in [-0.1, -0.05) is 13.3 Å². The molecular weight excluding hydrogens is 126 g/mol. The third-order valence-electron chi connectivity index (χ3n) is 1.65. The summed E-state index contributed by atoms with van der Waals surface area (Å²) in [6, 6.07) is 0.130. The molecule has 0 fully saturated rings. The molecule has 2 heteroatoms. The fourth-order valence-electron chi connectivity index (χ4n) is 1.10. The van der Waals surface area contributed by atoms with Crippen molar-refractivity contribution < 1.29 is 4.79 Å². The van der Waals surface area contributed by atoms with Crippen LogP contribution < -0.4 is 0 Å². The molecule has 60 valence electrons. The average molecular weight is 143 g/mol. The van der Waals surface area contributed by atoms with E-state index in [1.807, 2.05) is 19.0 Å². The summed E-state index contributed by atoms with van der Waals surface area (Å²) in [6.45, 7) is 3.75. The summed E-state index contributed by atoms with van der Waals surface area (Å²) in [5.74, 6) is 0.270. The summed E-state index contributed by atoms with van der Waals surface area (Å²) in [5.41, 5.74) is 0. The molecule has 0 rings (SSSR count). The van der Waals surface area contributed by atoms with Crippen LogP contribution in [0.2, 0.25) is 0 Å². The Kier molecular flexibility index (Phi) is 4.28. The van der Waals surface area contributed by atoms with Crippen molar-refractivity contribution in [2.75, 3.05) is 14.1 Å². The molecule has 0 N–H and O–H groups in total. The lowest BCUT2D eigenvalue weighted by molar-refractivity contribution is -0.121. The number of Topliss-reactive ketones (excluding diaryl/α,β-unsaturated/α-hetero) is 1. The second-order valence-corrected chi connectivity index (χ2v) is 2.88. The monoisotopic (exact) mass is 143 g/mol. The zero-order chi connectivity index (χ0) is 8.15. The molecule has 1 unspecified atom stereocenters. The minimum absolute atomic E-state index is 0.130. The first kappa shape index (κ1) is 9.63. The first-order valence-electron chi connectivity index (χ1n) is 3.76. The van der Waals surface area contributed by atoms with Gasteiger partial charge in [0.1, 0.15) is 5.78 Å². The summed E-state index contributed by atoms with van der Waals surface area (Å²) in [5, 5.41) is 0. The zero-order valence-electron chi connectivity index (χ0n) is 7.35. The Morgan fingerprint density at radius 3 is 2.10 bits per heavy atom. The van der Waals surface area contributed by atoms with Crippen LogP contribution in [-0.4, -0.2) is 30.8 Å². The number of nitrogens with zero attached hydrogens (tertiary/aromatic N) is 1. The standard InChI is InChI=1S/C8H17NO/c1-5-6-8(7(2)10)9(3)4/h8H,5-6H2,1-4H3. The first-order valence-corrected chi connectivity index (χ1v) is 3.76. The van der Waals surface area contributed by atoms with Crippen molar-refractivity contribution in [1.82, 2.24) is 4.90 Å². The molecule has 0 aliphatic carbocycles. The van der Waals surface area contributed by atoms with Gasteiger partial charge in [-0.2, -0.15) is 0 Å². The van der Waals surface area contributed by atoms with Gasteiger partial charge >= 0.3 is 0 Å². The van der Waals surface area contributed by atoms with Crippen molar-refractivity contribution in [3.63, 3.8) is 0 Å². The van der Waals surface area contributed by atoms with Crippen molar-refractivity contribution in [3.8, 4) is 0 Å². The van der Waals surface area contributed by atoms with Crippen LogP contribution in [-0.2, 0) is 4.79 Å². The number of hydrogen-bond acceptors (Lipinski definition) is 2. The fourth-order valence-corrected chi connectivity index (χ4v) is 1.10. The van der Waals surface area contributed by atoms with Crippen LogP contribution in [0.4, 0.5) is 0 Å². The van der Waals surface area contributed by atoms with Gasteiger partial charge in [0.15, 0.2) is 0 Å². The summed E-state index contributed by atoms with van der Waals surface area (Å²) in [7, 11) is 3.89. The number of hydrogen-bond donors (Lipinski definition) is 0. The van der Waals surface area contributed by atoms with Crippen molar-refractivity contribution >= 4 is 5.78 Å². The van der Waals surface area contributed by atoms with Crippen molar-refractivity contribution in [2.24, 2.45) is 0 Å². The van der Waals surface area contributed by atoms with Crippen molar-refractivity contribution in [1.29, 1.82) is 0 Å². The Balaban J connectivity index is 3.85. The maximum atomic E-state index is 10.9. The number of ketones is 1. The molecule has 0 aromatic rings. The van der Waals surface area contributed by atoms with Gasteiger partial charge in [-0.25, -0.2) is 0 Å². The highest BCUT2D eigenvalue weighted by atomic mass is 16.1. The molecular formula is C8H17NO. The Labute approximate surface area is 63.2 Å². The highest BCUT2D eigenvalue weighted by Gasteiger charge is 2.14. The van der Waals surface area contributed by atoms with E-state index in [2.05, 4.69) is 6.92 Å². The lowest BCUT2D eigenvalue weighted by Gasteiger charge is -2.20. The lowest BCUT2D eigenvalue weighted by atomic mass is 10.1. The average Bonchev–Trinajstić information content (AvgIpc) is 1.81. The number of carbonyl (C=O) groups is 1. The lowest BCUT2D eigenvalue weighted by Crippen LogP contribution is -2.33. The van der Waals surface area contributed by atoms with E-state index < -0.39 is 0 Å². The molecule has 0 saturated carbocycles. The molecule has 0 radical (unpaired) electrons. The van der Waals surface area contributed by atoms with E-state index in [0.29, 0.717) is 0 Å². The van der Waals surface area contributed by atoms with Gasteiger partial charge in [0.25, 0.3) is 0 Å². The van der Waals surface area contributed by atoms with Gasteiger partial charge in [0.2, 0.25) is 0 Å².